The number of hydrogen-bond donors (Lipinski definition) is 1. The molecule has 1 aromatic carbocycles. The molecule has 2 heteroatoms. The topological polar surface area (TPSA) is 30.9 Å². The van der Waals surface area contributed by atoms with Gasteiger partial charge in [-0.2, -0.15) is 0 Å². The average Bonchev–Trinajstić information content (AvgIpc) is 2.81. The molecule has 2 unspecified atom stereocenters. The molecule has 2 aromatic rings. The van der Waals surface area contributed by atoms with Gasteiger partial charge >= 0.3 is 0 Å². The highest BCUT2D eigenvalue weighted by Gasteiger charge is 2.33. The van der Waals surface area contributed by atoms with Crippen molar-refractivity contribution in [3.63, 3.8) is 0 Å². The van der Waals surface area contributed by atoms with Gasteiger partial charge in [0.25, 0.3) is 0 Å². The summed E-state index contributed by atoms with van der Waals surface area (Å²) in [6.45, 7) is 6.91. The number of nitrogens with two attached hydrogens (primary N) is 1. The van der Waals surface area contributed by atoms with Gasteiger partial charge in [0.1, 0.15) is 0 Å². The van der Waals surface area contributed by atoms with Crippen LogP contribution < -0.4 is 5.73 Å². The van der Waals surface area contributed by atoms with Gasteiger partial charge in [0.05, 0.1) is 6.04 Å². The predicted octanol–water partition coefficient (Wildman–Crippen LogP) is 4.07. The molecule has 2 N–H and O–H groups in total. The van der Waals surface area contributed by atoms with Gasteiger partial charge in [-0.3, -0.25) is 0 Å². The molecule has 0 amide bonds. The van der Waals surface area contributed by atoms with Crippen molar-refractivity contribution in [3.8, 4) is 0 Å². The molecule has 0 radical (unpaired) electrons. The summed E-state index contributed by atoms with van der Waals surface area (Å²) >= 11 is 0. The molecule has 20 heavy (non-hydrogen) atoms. The van der Waals surface area contributed by atoms with Crippen molar-refractivity contribution in [2.45, 2.75) is 45.7 Å². The van der Waals surface area contributed by atoms with Crippen molar-refractivity contribution in [3.05, 3.63) is 59.4 Å². The summed E-state index contributed by atoms with van der Waals surface area (Å²) in [5, 5.41) is 0. The molecule has 0 fully saturated rings. The maximum absolute atomic E-state index is 6.36. The Bertz CT molecular complexity index is 595. The van der Waals surface area contributed by atoms with E-state index in [1.165, 1.54) is 16.8 Å². The Labute approximate surface area is 121 Å². The lowest BCUT2D eigenvalue weighted by Gasteiger charge is -2.35. The van der Waals surface area contributed by atoms with Gasteiger partial charge in [0.2, 0.25) is 0 Å². The van der Waals surface area contributed by atoms with Gasteiger partial charge in [-0.1, -0.05) is 44.2 Å². The highest BCUT2D eigenvalue weighted by atomic mass is 15.0. The minimum Gasteiger partial charge on any atom is -0.344 e. The van der Waals surface area contributed by atoms with E-state index in [1.54, 1.807) is 0 Å². The van der Waals surface area contributed by atoms with Crippen LogP contribution in [0.25, 0.3) is 0 Å². The Morgan fingerprint density at radius 2 is 1.90 bits per heavy atom. The fourth-order valence-corrected chi connectivity index (χ4v) is 3.51. The monoisotopic (exact) mass is 268 g/mol. The van der Waals surface area contributed by atoms with E-state index >= 15 is 0 Å². The molecular weight excluding hydrogens is 244 g/mol. The lowest BCUT2D eigenvalue weighted by atomic mass is 9.74. The minimum atomic E-state index is 0.179. The van der Waals surface area contributed by atoms with E-state index in [0.29, 0.717) is 11.5 Å². The fraction of sp³-hybridized carbons (Fsp3) is 0.444. The SMILES string of the molecule is CC(c1ccccc1)n1ccc2c1CC(C)(C)CC2N. The summed E-state index contributed by atoms with van der Waals surface area (Å²) in [4.78, 5) is 0. The van der Waals surface area contributed by atoms with Gasteiger partial charge in [-0.25, -0.2) is 0 Å². The second-order valence-corrected chi connectivity index (χ2v) is 6.86. The molecule has 3 rings (SSSR count). The first-order chi connectivity index (χ1) is 9.48. The van der Waals surface area contributed by atoms with Crippen LogP contribution >= 0.6 is 0 Å². The predicted molar refractivity (Wildman–Crippen MR) is 83.7 cm³/mol. The highest BCUT2D eigenvalue weighted by molar-refractivity contribution is 5.32. The first-order valence-corrected chi connectivity index (χ1v) is 7.48. The third-order valence-corrected chi connectivity index (χ3v) is 4.58. The zero-order valence-corrected chi connectivity index (χ0v) is 12.6. The lowest BCUT2D eigenvalue weighted by molar-refractivity contribution is 0.274. The maximum Gasteiger partial charge on any atom is 0.0554 e. The number of nitrogens with zero attached hydrogens (tertiary/aromatic N) is 1. The van der Waals surface area contributed by atoms with E-state index in [0.717, 1.165) is 12.8 Å². The summed E-state index contributed by atoms with van der Waals surface area (Å²) < 4.78 is 2.41. The molecule has 0 aliphatic heterocycles. The molecule has 0 saturated carbocycles. The molecule has 2 nitrogen and oxygen atoms in total. The van der Waals surface area contributed by atoms with E-state index in [1.807, 2.05) is 0 Å². The van der Waals surface area contributed by atoms with Crippen LogP contribution in [0.15, 0.2) is 42.6 Å². The molecule has 0 saturated heterocycles. The van der Waals surface area contributed by atoms with Crippen molar-refractivity contribution >= 4 is 0 Å². The van der Waals surface area contributed by atoms with Crippen molar-refractivity contribution in [2.75, 3.05) is 0 Å². The van der Waals surface area contributed by atoms with Crippen molar-refractivity contribution < 1.29 is 0 Å². The van der Waals surface area contributed by atoms with Crippen LogP contribution in [0.2, 0.25) is 0 Å². The van der Waals surface area contributed by atoms with E-state index in [4.69, 9.17) is 5.73 Å². The van der Waals surface area contributed by atoms with Crippen LogP contribution in [0.5, 0.6) is 0 Å². The second-order valence-electron chi connectivity index (χ2n) is 6.86. The van der Waals surface area contributed by atoms with Gasteiger partial charge in [-0.05, 0) is 42.4 Å². The van der Waals surface area contributed by atoms with Crippen molar-refractivity contribution in [1.82, 2.24) is 4.57 Å². The van der Waals surface area contributed by atoms with Crippen LogP contribution in [0.4, 0.5) is 0 Å². The fourth-order valence-electron chi connectivity index (χ4n) is 3.51. The van der Waals surface area contributed by atoms with E-state index in [2.05, 4.69) is 67.9 Å². The van der Waals surface area contributed by atoms with Gasteiger partial charge in [0, 0.05) is 17.9 Å². The Kier molecular flexibility index (Phi) is 3.21. The molecule has 1 heterocycles. The smallest absolute Gasteiger partial charge is 0.0554 e. The number of aromatic nitrogens is 1. The molecule has 106 valence electrons. The Morgan fingerprint density at radius 3 is 2.60 bits per heavy atom. The number of hydrogen-bond acceptors (Lipinski definition) is 1. The third kappa shape index (κ3) is 2.29. The molecular formula is C18H24N2. The van der Waals surface area contributed by atoms with Crippen LogP contribution in [0.3, 0.4) is 0 Å². The van der Waals surface area contributed by atoms with Crippen LogP contribution in [-0.2, 0) is 6.42 Å². The first kappa shape index (κ1) is 13.4. The summed E-state index contributed by atoms with van der Waals surface area (Å²) in [6.07, 6.45) is 4.40. The zero-order valence-electron chi connectivity index (χ0n) is 12.6. The zero-order chi connectivity index (χ0) is 14.3. The summed E-state index contributed by atoms with van der Waals surface area (Å²) in [5.74, 6) is 0. The minimum absolute atomic E-state index is 0.179. The van der Waals surface area contributed by atoms with Gasteiger partial charge in [-0.15, -0.1) is 0 Å². The number of rotatable bonds is 2. The Hall–Kier alpha value is -1.54. The van der Waals surface area contributed by atoms with Crippen molar-refractivity contribution in [2.24, 2.45) is 11.1 Å². The van der Waals surface area contributed by atoms with E-state index in [-0.39, 0.29) is 6.04 Å². The van der Waals surface area contributed by atoms with Gasteiger partial charge < -0.3 is 10.3 Å². The summed E-state index contributed by atoms with van der Waals surface area (Å²) in [6, 6.07) is 13.4. The average molecular weight is 268 g/mol. The molecule has 0 bridgehead atoms. The summed E-state index contributed by atoms with van der Waals surface area (Å²) in [7, 11) is 0. The van der Waals surface area contributed by atoms with Crippen LogP contribution in [-0.4, -0.2) is 4.57 Å². The van der Waals surface area contributed by atoms with Gasteiger partial charge in [0.15, 0.2) is 0 Å². The molecule has 1 aromatic heterocycles. The Balaban J connectivity index is 2.01. The van der Waals surface area contributed by atoms with Crippen LogP contribution in [0, 0.1) is 5.41 Å². The Morgan fingerprint density at radius 1 is 1.20 bits per heavy atom. The van der Waals surface area contributed by atoms with Crippen molar-refractivity contribution in [1.29, 1.82) is 0 Å². The highest BCUT2D eigenvalue weighted by Crippen LogP contribution is 2.41. The summed E-state index contributed by atoms with van der Waals surface area (Å²) in [5.41, 5.74) is 10.8. The van der Waals surface area contributed by atoms with Crippen LogP contribution in [0.1, 0.15) is 56.1 Å². The standard InChI is InChI=1S/C18H24N2/c1-13(14-7-5-4-6-8-14)20-10-9-15-16(19)11-18(2,3)12-17(15)20/h4-10,13,16H,11-12,19H2,1-3H3. The maximum atomic E-state index is 6.36. The molecule has 1 aliphatic carbocycles. The second kappa shape index (κ2) is 4.78. The molecule has 1 aliphatic rings. The van der Waals surface area contributed by atoms with E-state index < -0.39 is 0 Å². The molecule has 0 spiro atoms. The molecule has 2 atom stereocenters. The lowest BCUT2D eigenvalue weighted by Crippen LogP contribution is -2.31. The van der Waals surface area contributed by atoms with E-state index in [9.17, 15) is 0 Å². The quantitative estimate of drug-likeness (QED) is 0.874. The number of benzene rings is 1. The largest absolute Gasteiger partial charge is 0.344 e. The normalized spacial score (nSPS) is 22.3. The number of fused-ring (bicyclic) bond motifs is 1. The first-order valence-electron chi connectivity index (χ1n) is 7.48. The third-order valence-electron chi connectivity index (χ3n) is 4.58.